The summed E-state index contributed by atoms with van der Waals surface area (Å²) in [7, 11) is 0. The van der Waals surface area contributed by atoms with Gasteiger partial charge in [-0.3, -0.25) is 0 Å². The molecule has 1 spiro atoms. The Kier molecular flexibility index (Phi) is 6.95. The molecule has 62 heavy (non-hydrogen) atoms. The summed E-state index contributed by atoms with van der Waals surface area (Å²) in [5.41, 5.74) is 16.9. The predicted octanol–water partition coefficient (Wildman–Crippen LogP) is 16.1. The highest BCUT2D eigenvalue weighted by molar-refractivity contribution is 7.25. The highest BCUT2D eigenvalue weighted by atomic mass is 32.1. The highest BCUT2D eigenvalue weighted by Gasteiger charge is 2.50. The molecule has 0 radical (unpaired) electrons. The second-order valence-electron chi connectivity index (χ2n) is 16.8. The molecular formula is C59H36N2S. The first-order valence-electron chi connectivity index (χ1n) is 21.4. The summed E-state index contributed by atoms with van der Waals surface area (Å²) in [5, 5.41) is 7.73. The summed E-state index contributed by atoms with van der Waals surface area (Å²) in [5.74, 6) is 0. The van der Waals surface area contributed by atoms with Gasteiger partial charge in [0.25, 0.3) is 0 Å². The van der Waals surface area contributed by atoms with E-state index in [9.17, 15) is 0 Å². The summed E-state index contributed by atoms with van der Waals surface area (Å²) < 4.78 is 5.08. The predicted molar refractivity (Wildman–Crippen MR) is 262 cm³/mol. The topological polar surface area (TPSA) is 8.17 Å². The number of rotatable bonds is 4. The van der Waals surface area contributed by atoms with Crippen LogP contribution in [0.5, 0.6) is 0 Å². The van der Waals surface area contributed by atoms with Crippen molar-refractivity contribution in [2.75, 3.05) is 4.90 Å². The van der Waals surface area contributed by atoms with E-state index >= 15 is 0 Å². The Balaban J connectivity index is 1.03. The lowest BCUT2D eigenvalue weighted by Gasteiger charge is -2.40. The van der Waals surface area contributed by atoms with E-state index in [1.165, 1.54) is 103 Å². The summed E-state index contributed by atoms with van der Waals surface area (Å²) in [6, 6.07) is 81.7. The van der Waals surface area contributed by atoms with Gasteiger partial charge in [0.05, 0.1) is 16.4 Å². The standard InChI is InChI=1S/C59H36N2S/c1-2-16-38(17-3-1)60(40-29-32-46-45-20-6-10-26-54(45)61(55(46)35-40)41-30-33-48-47-21-7-11-27-56(47)62-57(48)36-41)39-28-31-44-42-18-4-8-23-50(42)59(53(44)34-39)51-24-9-5-19-43(51)49-22-12-14-37-15-13-25-52(59)58(37)49/h1-36H. The van der Waals surface area contributed by atoms with Gasteiger partial charge in [0.2, 0.25) is 0 Å². The minimum Gasteiger partial charge on any atom is -0.310 e. The van der Waals surface area contributed by atoms with Gasteiger partial charge in [0.1, 0.15) is 0 Å². The Morgan fingerprint density at radius 2 is 0.952 bits per heavy atom. The van der Waals surface area contributed by atoms with Crippen LogP contribution in [0.2, 0.25) is 0 Å². The SMILES string of the molecule is c1ccc(N(c2ccc3c(c2)C2(c4ccccc4-3)c3ccccc3-c3cccc4cccc2c34)c2ccc3c4ccccc4n(-c4ccc5c(c4)sc4ccccc45)c3c2)cc1. The minimum atomic E-state index is -0.504. The minimum absolute atomic E-state index is 0.504. The Morgan fingerprint density at radius 3 is 1.81 bits per heavy atom. The van der Waals surface area contributed by atoms with E-state index in [4.69, 9.17) is 0 Å². The fourth-order valence-corrected chi connectivity index (χ4v) is 12.4. The summed E-state index contributed by atoms with van der Waals surface area (Å²) >= 11 is 1.87. The zero-order valence-electron chi connectivity index (χ0n) is 33.6. The van der Waals surface area contributed by atoms with Crippen LogP contribution in [-0.2, 0) is 5.41 Å². The first-order valence-corrected chi connectivity index (χ1v) is 22.2. The number of thiophene rings is 1. The van der Waals surface area contributed by atoms with E-state index in [0.717, 1.165) is 17.1 Å². The fourth-order valence-electron chi connectivity index (χ4n) is 11.3. The van der Waals surface area contributed by atoms with E-state index in [-0.39, 0.29) is 0 Å². The van der Waals surface area contributed by atoms with Gasteiger partial charge in [-0.15, -0.1) is 11.3 Å². The van der Waals surface area contributed by atoms with Crippen molar-refractivity contribution in [1.29, 1.82) is 0 Å². The Morgan fingerprint density at radius 1 is 0.355 bits per heavy atom. The quantitative estimate of drug-likeness (QED) is 0.172. The maximum Gasteiger partial charge on any atom is 0.0726 e. The third-order valence-corrected chi connectivity index (χ3v) is 14.9. The molecule has 3 heteroatoms. The molecule has 2 aliphatic carbocycles. The molecule has 0 saturated heterocycles. The maximum absolute atomic E-state index is 2.50. The molecule has 12 aromatic rings. The van der Waals surface area contributed by atoms with E-state index in [1.54, 1.807) is 0 Å². The smallest absolute Gasteiger partial charge is 0.0726 e. The van der Waals surface area contributed by atoms with Crippen LogP contribution in [0.1, 0.15) is 22.3 Å². The number of fused-ring (bicyclic) bond motifs is 15. The van der Waals surface area contributed by atoms with E-state index in [2.05, 4.69) is 228 Å². The van der Waals surface area contributed by atoms with Gasteiger partial charge in [-0.25, -0.2) is 0 Å². The van der Waals surface area contributed by atoms with Crippen molar-refractivity contribution in [2.45, 2.75) is 5.41 Å². The van der Waals surface area contributed by atoms with E-state index < -0.39 is 5.41 Å². The van der Waals surface area contributed by atoms with E-state index in [0.29, 0.717) is 0 Å². The number of benzene rings is 10. The number of aromatic nitrogens is 1. The third-order valence-electron chi connectivity index (χ3n) is 13.8. The average molecular weight is 805 g/mol. The van der Waals surface area contributed by atoms with Gasteiger partial charge in [0, 0.05) is 53.7 Å². The van der Waals surface area contributed by atoms with Crippen LogP contribution in [0.3, 0.4) is 0 Å². The van der Waals surface area contributed by atoms with Crippen molar-refractivity contribution in [3.63, 3.8) is 0 Å². The molecule has 2 aromatic heterocycles. The third kappa shape index (κ3) is 4.47. The van der Waals surface area contributed by atoms with Gasteiger partial charge < -0.3 is 9.47 Å². The lowest BCUT2D eigenvalue weighted by molar-refractivity contribution is 0.773. The van der Waals surface area contributed by atoms with E-state index in [1.807, 2.05) is 11.3 Å². The van der Waals surface area contributed by atoms with Gasteiger partial charge in [0.15, 0.2) is 0 Å². The Bertz CT molecular complexity index is 3830. The van der Waals surface area contributed by atoms with Crippen molar-refractivity contribution in [1.82, 2.24) is 4.57 Å². The van der Waals surface area contributed by atoms with Crippen LogP contribution in [0.25, 0.3) is 80.7 Å². The molecule has 0 amide bonds. The summed E-state index contributed by atoms with van der Waals surface area (Å²) in [6.45, 7) is 0. The van der Waals surface area contributed by atoms with Crippen LogP contribution in [0.4, 0.5) is 17.1 Å². The van der Waals surface area contributed by atoms with Crippen LogP contribution in [-0.4, -0.2) is 4.57 Å². The summed E-state index contributed by atoms with van der Waals surface area (Å²) in [6.07, 6.45) is 0. The monoisotopic (exact) mass is 804 g/mol. The Labute approximate surface area is 362 Å². The molecule has 1 unspecified atom stereocenters. The number of para-hydroxylation sites is 2. The van der Waals surface area contributed by atoms with Crippen molar-refractivity contribution in [2.24, 2.45) is 0 Å². The molecule has 10 aromatic carbocycles. The van der Waals surface area contributed by atoms with Crippen LogP contribution in [0, 0.1) is 0 Å². The zero-order valence-corrected chi connectivity index (χ0v) is 34.4. The van der Waals surface area contributed by atoms with Gasteiger partial charge >= 0.3 is 0 Å². The molecule has 2 aliphatic rings. The highest BCUT2D eigenvalue weighted by Crippen LogP contribution is 2.62. The van der Waals surface area contributed by atoms with Crippen molar-refractivity contribution >= 4 is 81.1 Å². The molecule has 0 aliphatic heterocycles. The molecule has 0 N–H and O–H groups in total. The first-order chi connectivity index (χ1) is 30.8. The maximum atomic E-state index is 2.50. The van der Waals surface area contributed by atoms with Crippen molar-refractivity contribution in [3.05, 3.63) is 241 Å². The molecule has 0 bridgehead atoms. The molecule has 288 valence electrons. The lowest BCUT2D eigenvalue weighted by atomic mass is 9.61. The normalized spacial score (nSPS) is 14.8. The largest absolute Gasteiger partial charge is 0.310 e. The zero-order chi connectivity index (χ0) is 40.5. The number of hydrogen-bond donors (Lipinski definition) is 0. The second kappa shape index (κ2) is 12.7. The molecule has 1 atom stereocenters. The lowest BCUT2D eigenvalue weighted by Crippen LogP contribution is -2.32. The van der Waals surface area contributed by atoms with Gasteiger partial charge in [-0.2, -0.15) is 0 Å². The average Bonchev–Trinajstić information content (AvgIpc) is 3.97. The number of anilines is 3. The van der Waals surface area contributed by atoms with Gasteiger partial charge in [-0.1, -0.05) is 158 Å². The fraction of sp³-hybridized carbons (Fsp3) is 0.0169. The second-order valence-corrected chi connectivity index (χ2v) is 17.9. The Hall–Kier alpha value is -7.72. The van der Waals surface area contributed by atoms with Gasteiger partial charge in [-0.05, 0) is 116 Å². The van der Waals surface area contributed by atoms with Crippen LogP contribution < -0.4 is 4.90 Å². The molecule has 2 heterocycles. The van der Waals surface area contributed by atoms with Crippen molar-refractivity contribution < 1.29 is 0 Å². The van der Waals surface area contributed by atoms with Crippen molar-refractivity contribution in [3.8, 4) is 27.9 Å². The molecule has 0 fully saturated rings. The summed E-state index contributed by atoms with van der Waals surface area (Å²) in [4.78, 5) is 2.46. The molecule has 14 rings (SSSR count). The first kappa shape index (κ1) is 34.0. The van der Waals surface area contributed by atoms with Crippen LogP contribution >= 0.6 is 11.3 Å². The number of nitrogens with zero attached hydrogens (tertiary/aromatic N) is 2. The molecule has 2 nitrogen and oxygen atoms in total. The number of hydrogen-bond acceptors (Lipinski definition) is 2. The van der Waals surface area contributed by atoms with Crippen LogP contribution in [0.15, 0.2) is 218 Å². The molecular weight excluding hydrogens is 769 g/mol. The molecule has 0 saturated carbocycles.